The number of rotatable bonds is 6. The van der Waals surface area contributed by atoms with Gasteiger partial charge in [-0.3, -0.25) is 4.79 Å². The minimum absolute atomic E-state index is 0.152. The van der Waals surface area contributed by atoms with Crippen LogP contribution in [0.25, 0.3) is 0 Å². The predicted octanol–water partition coefficient (Wildman–Crippen LogP) is 4.40. The van der Waals surface area contributed by atoms with Gasteiger partial charge in [-0.15, -0.1) is 0 Å². The van der Waals surface area contributed by atoms with Crippen LogP contribution in [0.4, 0.5) is 0 Å². The largest absolute Gasteiger partial charge is 0.459 e. The van der Waals surface area contributed by atoms with Crippen molar-refractivity contribution in [3.05, 3.63) is 68.7 Å². The molecule has 0 aliphatic heterocycles. The molecule has 1 atom stereocenters. The van der Waals surface area contributed by atoms with Crippen molar-refractivity contribution in [1.29, 1.82) is 0 Å². The number of hydrogen-bond acceptors (Lipinski definition) is 3. The highest BCUT2D eigenvalue weighted by Gasteiger charge is 2.22. The Morgan fingerprint density at radius 3 is 2.23 bits per heavy atom. The molecule has 1 N–H and O–H groups in total. The van der Waals surface area contributed by atoms with Gasteiger partial charge in [0.25, 0.3) is 0 Å². The van der Waals surface area contributed by atoms with Gasteiger partial charge in [0, 0.05) is 13.3 Å². The first-order valence-corrected chi connectivity index (χ1v) is 8.95. The maximum absolute atomic E-state index is 12.5. The maximum atomic E-state index is 12.5. The Morgan fingerprint density at radius 1 is 1.00 bits per heavy atom. The third kappa shape index (κ3) is 6.04. The topological polar surface area (TPSA) is 55.4 Å². The van der Waals surface area contributed by atoms with Crippen LogP contribution in [0.15, 0.2) is 36.4 Å². The molecule has 0 fully saturated rings. The number of aryl methyl sites for hydroxylation is 2. The molecule has 0 saturated heterocycles. The first kappa shape index (κ1) is 20.3. The van der Waals surface area contributed by atoms with Gasteiger partial charge in [-0.2, -0.15) is 0 Å². The van der Waals surface area contributed by atoms with Crippen molar-refractivity contribution in [3.8, 4) is 0 Å². The molecular formula is C20H21Cl2NO3. The highest BCUT2D eigenvalue weighted by molar-refractivity contribution is 6.42. The Labute approximate surface area is 163 Å². The highest BCUT2D eigenvalue weighted by atomic mass is 35.5. The fourth-order valence-corrected chi connectivity index (χ4v) is 3.07. The summed E-state index contributed by atoms with van der Waals surface area (Å²) in [5.74, 6) is -0.802. The van der Waals surface area contributed by atoms with E-state index in [1.54, 1.807) is 18.2 Å². The van der Waals surface area contributed by atoms with E-state index in [1.165, 1.54) is 6.92 Å². The lowest BCUT2D eigenvalue weighted by Gasteiger charge is -2.17. The Hall–Kier alpha value is -2.04. The van der Waals surface area contributed by atoms with Crippen molar-refractivity contribution >= 4 is 35.1 Å². The number of halogens is 2. The van der Waals surface area contributed by atoms with E-state index in [-0.39, 0.29) is 18.9 Å². The summed E-state index contributed by atoms with van der Waals surface area (Å²) < 4.78 is 5.41. The SMILES string of the molecule is CC(=O)NC(Cc1ccc(Cl)c(Cl)c1)C(=O)OCc1cc(C)cc(C)c1. The molecule has 0 saturated carbocycles. The van der Waals surface area contributed by atoms with Gasteiger partial charge in [0.05, 0.1) is 10.0 Å². The lowest BCUT2D eigenvalue weighted by atomic mass is 10.1. The summed E-state index contributed by atoms with van der Waals surface area (Å²) in [6.07, 6.45) is 0.266. The Kier molecular flexibility index (Phi) is 7.06. The van der Waals surface area contributed by atoms with E-state index in [9.17, 15) is 9.59 Å². The molecule has 4 nitrogen and oxygen atoms in total. The summed E-state index contributed by atoms with van der Waals surface area (Å²) in [7, 11) is 0. The molecule has 0 aromatic heterocycles. The van der Waals surface area contributed by atoms with Gasteiger partial charge >= 0.3 is 5.97 Å². The fourth-order valence-electron chi connectivity index (χ4n) is 2.75. The van der Waals surface area contributed by atoms with E-state index in [2.05, 4.69) is 11.4 Å². The van der Waals surface area contributed by atoms with Crippen LogP contribution in [0.1, 0.15) is 29.2 Å². The fraction of sp³-hybridized carbons (Fsp3) is 0.300. The van der Waals surface area contributed by atoms with Gasteiger partial charge < -0.3 is 10.1 Å². The number of ether oxygens (including phenoxy) is 1. The number of hydrogen-bond donors (Lipinski definition) is 1. The zero-order valence-electron chi connectivity index (χ0n) is 14.9. The Bertz CT molecular complexity index is 800. The van der Waals surface area contributed by atoms with Crippen LogP contribution in [0.5, 0.6) is 0 Å². The second-order valence-corrected chi connectivity index (χ2v) is 7.12. The highest BCUT2D eigenvalue weighted by Crippen LogP contribution is 2.23. The van der Waals surface area contributed by atoms with E-state index >= 15 is 0 Å². The summed E-state index contributed by atoms with van der Waals surface area (Å²) in [5, 5.41) is 3.46. The van der Waals surface area contributed by atoms with E-state index < -0.39 is 12.0 Å². The van der Waals surface area contributed by atoms with E-state index in [1.807, 2.05) is 26.0 Å². The van der Waals surface area contributed by atoms with Crippen molar-refractivity contribution in [1.82, 2.24) is 5.32 Å². The lowest BCUT2D eigenvalue weighted by molar-refractivity contribution is -0.149. The van der Waals surface area contributed by atoms with Gasteiger partial charge in [-0.25, -0.2) is 4.79 Å². The van der Waals surface area contributed by atoms with Crippen LogP contribution in [-0.2, 0) is 27.4 Å². The summed E-state index contributed by atoms with van der Waals surface area (Å²) in [5.41, 5.74) is 3.89. The summed E-state index contributed by atoms with van der Waals surface area (Å²) in [6.45, 7) is 5.49. The van der Waals surface area contributed by atoms with E-state index in [4.69, 9.17) is 27.9 Å². The van der Waals surface area contributed by atoms with Crippen LogP contribution >= 0.6 is 23.2 Å². The van der Waals surface area contributed by atoms with Gasteiger partial charge in [-0.1, -0.05) is 58.6 Å². The van der Waals surface area contributed by atoms with Crippen molar-refractivity contribution in [2.45, 2.75) is 39.8 Å². The molecular weight excluding hydrogens is 373 g/mol. The van der Waals surface area contributed by atoms with Crippen LogP contribution < -0.4 is 5.32 Å². The average Bonchev–Trinajstić information content (AvgIpc) is 2.54. The first-order chi connectivity index (χ1) is 12.2. The zero-order valence-corrected chi connectivity index (χ0v) is 16.4. The molecule has 0 heterocycles. The van der Waals surface area contributed by atoms with Gasteiger partial charge in [0.15, 0.2) is 0 Å². The molecule has 0 radical (unpaired) electrons. The quantitative estimate of drug-likeness (QED) is 0.739. The van der Waals surface area contributed by atoms with Crippen molar-refractivity contribution in [2.24, 2.45) is 0 Å². The standard InChI is InChI=1S/C20H21Cl2NO3/c1-12-6-13(2)8-16(7-12)11-26-20(25)19(23-14(3)24)10-15-4-5-17(21)18(22)9-15/h4-9,19H,10-11H2,1-3H3,(H,23,24). The monoisotopic (exact) mass is 393 g/mol. The van der Waals surface area contributed by atoms with Crippen molar-refractivity contribution < 1.29 is 14.3 Å². The molecule has 0 spiro atoms. The molecule has 6 heteroatoms. The third-order valence-electron chi connectivity index (χ3n) is 3.75. The number of carbonyl (C=O) groups is 2. The molecule has 2 rings (SSSR count). The molecule has 138 valence electrons. The molecule has 26 heavy (non-hydrogen) atoms. The average molecular weight is 394 g/mol. The molecule has 1 unspecified atom stereocenters. The Balaban J connectivity index is 2.08. The second-order valence-electron chi connectivity index (χ2n) is 6.31. The number of amides is 1. The first-order valence-electron chi connectivity index (χ1n) is 8.19. The molecule has 0 aliphatic rings. The molecule has 2 aromatic carbocycles. The number of nitrogens with one attached hydrogen (secondary N) is 1. The number of carbonyl (C=O) groups excluding carboxylic acids is 2. The number of benzene rings is 2. The predicted molar refractivity (Wildman–Crippen MR) is 103 cm³/mol. The lowest BCUT2D eigenvalue weighted by Crippen LogP contribution is -2.42. The molecule has 0 bridgehead atoms. The summed E-state index contributed by atoms with van der Waals surface area (Å²) in [6, 6.07) is 10.3. The zero-order chi connectivity index (χ0) is 19.3. The molecule has 2 aromatic rings. The minimum atomic E-state index is -0.796. The van der Waals surface area contributed by atoms with Crippen molar-refractivity contribution in [2.75, 3.05) is 0 Å². The normalized spacial score (nSPS) is 11.7. The number of esters is 1. The van der Waals surface area contributed by atoms with Gasteiger partial charge in [0.1, 0.15) is 12.6 Å². The summed E-state index contributed by atoms with van der Waals surface area (Å²) >= 11 is 11.9. The molecule has 0 aliphatic carbocycles. The van der Waals surface area contributed by atoms with Crippen molar-refractivity contribution in [3.63, 3.8) is 0 Å². The maximum Gasteiger partial charge on any atom is 0.329 e. The van der Waals surface area contributed by atoms with Gasteiger partial charge in [0.2, 0.25) is 5.91 Å². The summed E-state index contributed by atoms with van der Waals surface area (Å²) in [4.78, 5) is 23.9. The van der Waals surface area contributed by atoms with E-state index in [0.717, 1.165) is 22.3 Å². The van der Waals surface area contributed by atoms with E-state index in [0.29, 0.717) is 10.0 Å². The Morgan fingerprint density at radius 2 is 1.65 bits per heavy atom. The second kappa shape index (κ2) is 9.06. The van der Waals surface area contributed by atoms with Gasteiger partial charge in [-0.05, 0) is 37.1 Å². The van der Waals surface area contributed by atoms with Crippen LogP contribution in [0.3, 0.4) is 0 Å². The minimum Gasteiger partial charge on any atom is -0.459 e. The smallest absolute Gasteiger partial charge is 0.329 e. The molecule has 1 amide bonds. The van der Waals surface area contributed by atoms with Crippen LogP contribution in [0.2, 0.25) is 10.0 Å². The van der Waals surface area contributed by atoms with Crippen LogP contribution in [-0.4, -0.2) is 17.9 Å². The third-order valence-corrected chi connectivity index (χ3v) is 4.49. The van der Waals surface area contributed by atoms with Crippen LogP contribution in [0, 0.1) is 13.8 Å².